The molecule has 1 fully saturated rings. The third kappa shape index (κ3) is 3.41. The Bertz CT molecular complexity index is 527. The third-order valence-corrected chi connectivity index (χ3v) is 4.54. The summed E-state index contributed by atoms with van der Waals surface area (Å²) in [5.74, 6) is -1.59. The predicted molar refractivity (Wildman–Crippen MR) is 80.0 cm³/mol. The smallest absolute Gasteiger partial charge is 0.336 e. The highest BCUT2D eigenvalue weighted by Crippen LogP contribution is 2.36. The standard InChI is InChI=1S/C16H23FN2O2/c1-18(2)16(7-4-8-16)11-19(3)10-12-5-6-13(17)9-14(12)15(20)21/h5-6,9H,4,7-8,10-11H2,1-3H3,(H,20,21). The van der Waals surface area contributed by atoms with Crippen LogP contribution in [0.2, 0.25) is 0 Å². The van der Waals surface area contributed by atoms with Crippen LogP contribution in [0.3, 0.4) is 0 Å². The van der Waals surface area contributed by atoms with Crippen molar-refractivity contribution < 1.29 is 14.3 Å². The van der Waals surface area contributed by atoms with Crippen LogP contribution < -0.4 is 0 Å². The van der Waals surface area contributed by atoms with E-state index in [0.717, 1.165) is 12.6 Å². The molecule has 0 saturated heterocycles. The summed E-state index contributed by atoms with van der Waals surface area (Å²) in [6.07, 6.45) is 3.57. The predicted octanol–water partition coefficient (Wildman–Crippen LogP) is 2.44. The monoisotopic (exact) mass is 294 g/mol. The fourth-order valence-corrected chi connectivity index (χ4v) is 3.07. The molecule has 1 N–H and O–H groups in total. The van der Waals surface area contributed by atoms with Gasteiger partial charge in [-0.15, -0.1) is 0 Å². The Hall–Kier alpha value is -1.46. The van der Waals surface area contributed by atoms with Gasteiger partial charge in [-0.3, -0.25) is 0 Å². The number of halogens is 1. The van der Waals surface area contributed by atoms with E-state index in [-0.39, 0.29) is 11.1 Å². The lowest BCUT2D eigenvalue weighted by atomic mass is 9.75. The maximum absolute atomic E-state index is 13.2. The molecule has 0 aromatic heterocycles. The largest absolute Gasteiger partial charge is 0.478 e. The Morgan fingerprint density at radius 3 is 2.48 bits per heavy atom. The van der Waals surface area contributed by atoms with Crippen LogP contribution in [-0.4, -0.2) is 54.1 Å². The number of hydrogen-bond acceptors (Lipinski definition) is 3. The average molecular weight is 294 g/mol. The molecule has 0 unspecified atom stereocenters. The number of carbonyl (C=O) groups is 1. The minimum absolute atomic E-state index is 0.0503. The first kappa shape index (κ1) is 15.9. The summed E-state index contributed by atoms with van der Waals surface area (Å²) < 4.78 is 13.2. The summed E-state index contributed by atoms with van der Waals surface area (Å²) in [6.45, 7) is 1.40. The van der Waals surface area contributed by atoms with Crippen LogP contribution in [0.5, 0.6) is 0 Å². The quantitative estimate of drug-likeness (QED) is 0.875. The molecule has 2 rings (SSSR count). The van der Waals surface area contributed by atoms with Crippen LogP contribution >= 0.6 is 0 Å². The minimum atomic E-state index is -1.08. The normalized spacial score (nSPS) is 17.0. The molecular weight excluding hydrogens is 271 g/mol. The van der Waals surface area contributed by atoms with Crippen molar-refractivity contribution in [3.8, 4) is 0 Å². The number of rotatable bonds is 6. The molecule has 0 amide bonds. The summed E-state index contributed by atoms with van der Waals surface area (Å²) in [5.41, 5.74) is 0.895. The molecule has 1 saturated carbocycles. The minimum Gasteiger partial charge on any atom is -0.478 e. The van der Waals surface area contributed by atoms with Gasteiger partial charge < -0.3 is 14.9 Å². The molecule has 0 spiro atoms. The molecule has 116 valence electrons. The van der Waals surface area contributed by atoms with Gasteiger partial charge in [0.25, 0.3) is 0 Å². The van der Waals surface area contributed by atoms with Gasteiger partial charge in [-0.25, -0.2) is 9.18 Å². The van der Waals surface area contributed by atoms with Crippen molar-refractivity contribution in [3.63, 3.8) is 0 Å². The lowest BCUT2D eigenvalue weighted by molar-refractivity contribution is 0.0258. The lowest BCUT2D eigenvalue weighted by Crippen LogP contribution is -2.56. The number of carboxylic acid groups (broad SMARTS) is 1. The number of benzene rings is 1. The Kier molecular flexibility index (Phi) is 4.64. The van der Waals surface area contributed by atoms with Gasteiger partial charge >= 0.3 is 5.97 Å². The molecule has 0 heterocycles. The fraction of sp³-hybridized carbons (Fsp3) is 0.562. The van der Waals surface area contributed by atoms with Crippen molar-refractivity contribution in [2.24, 2.45) is 0 Å². The van der Waals surface area contributed by atoms with Crippen LogP contribution in [0, 0.1) is 5.82 Å². The molecular formula is C16H23FN2O2. The molecule has 21 heavy (non-hydrogen) atoms. The zero-order valence-electron chi connectivity index (χ0n) is 12.9. The highest BCUT2D eigenvalue weighted by Gasteiger charge is 2.39. The van der Waals surface area contributed by atoms with Crippen molar-refractivity contribution >= 4 is 5.97 Å². The van der Waals surface area contributed by atoms with Gasteiger partial charge in [-0.05, 0) is 58.1 Å². The van der Waals surface area contributed by atoms with Crippen LogP contribution in [0.1, 0.15) is 35.2 Å². The summed E-state index contributed by atoms with van der Waals surface area (Å²) >= 11 is 0. The van der Waals surface area contributed by atoms with Crippen LogP contribution in [0.4, 0.5) is 4.39 Å². The van der Waals surface area contributed by atoms with Crippen molar-refractivity contribution in [2.45, 2.75) is 31.3 Å². The van der Waals surface area contributed by atoms with Gasteiger partial charge in [-0.1, -0.05) is 6.07 Å². The molecule has 0 radical (unpaired) electrons. The first-order chi connectivity index (χ1) is 9.84. The molecule has 1 aliphatic carbocycles. The van der Waals surface area contributed by atoms with Gasteiger partial charge in [0.15, 0.2) is 0 Å². The molecule has 0 atom stereocenters. The number of nitrogens with zero attached hydrogens (tertiary/aromatic N) is 2. The number of likely N-dealkylation sites (N-methyl/N-ethyl adjacent to an activating group) is 2. The van der Waals surface area contributed by atoms with Crippen LogP contribution in [-0.2, 0) is 6.54 Å². The molecule has 0 bridgehead atoms. The molecule has 0 aliphatic heterocycles. The van der Waals surface area contributed by atoms with Crippen molar-refractivity contribution in [2.75, 3.05) is 27.7 Å². The Morgan fingerprint density at radius 2 is 2.00 bits per heavy atom. The van der Waals surface area contributed by atoms with Crippen LogP contribution in [0.15, 0.2) is 18.2 Å². The van der Waals surface area contributed by atoms with Crippen molar-refractivity contribution in [3.05, 3.63) is 35.1 Å². The van der Waals surface area contributed by atoms with Crippen molar-refractivity contribution in [1.29, 1.82) is 0 Å². The van der Waals surface area contributed by atoms with E-state index in [4.69, 9.17) is 0 Å². The highest BCUT2D eigenvalue weighted by atomic mass is 19.1. The SMILES string of the molecule is CN(Cc1ccc(F)cc1C(=O)O)CC1(N(C)C)CCC1. The molecule has 5 heteroatoms. The first-order valence-corrected chi connectivity index (χ1v) is 7.22. The Balaban J connectivity index is 2.09. The number of carboxylic acids is 1. The summed E-state index contributed by atoms with van der Waals surface area (Å²) in [5, 5.41) is 9.19. The first-order valence-electron chi connectivity index (χ1n) is 7.22. The van der Waals surface area contributed by atoms with Crippen molar-refractivity contribution in [1.82, 2.24) is 9.80 Å². The van der Waals surface area contributed by atoms with E-state index in [9.17, 15) is 14.3 Å². The number of aromatic carboxylic acids is 1. The van der Waals surface area contributed by atoms with E-state index in [0.29, 0.717) is 12.1 Å². The van der Waals surface area contributed by atoms with Gasteiger partial charge in [0.05, 0.1) is 5.56 Å². The molecule has 1 aliphatic rings. The summed E-state index contributed by atoms with van der Waals surface area (Å²) in [4.78, 5) is 15.6. The van der Waals surface area contributed by atoms with E-state index in [1.807, 2.05) is 7.05 Å². The third-order valence-electron chi connectivity index (χ3n) is 4.54. The van der Waals surface area contributed by atoms with Gasteiger partial charge in [0.1, 0.15) is 5.82 Å². The zero-order chi connectivity index (χ0) is 15.6. The fourth-order valence-electron chi connectivity index (χ4n) is 3.07. The highest BCUT2D eigenvalue weighted by molar-refractivity contribution is 5.89. The summed E-state index contributed by atoms with van der Waals surface area (Å²) in [6, 6.07) is 3.98. The van der Waals surface area contributed by atoms with Gasteiger partial charge in [-0.2, -0.15) is 0 Å². The molecule has 1 aromatic carbocycles. The second-order valence-corrected chi connectivity index (χ2v) is 6.25. The second kappa shape index (κ2) is 6.12. The topological polar surface area (TPSA) is 43.8 Å². The Morgan fingerprint density at radius 1 is 1.33 bits per heavy atom. The average Bonchev–Trinajstić information content (AvgIpc) is 2.35. The summed E-state index contributed by atoms with van der Waals surface area (Å²) in [7, 11) is 6.17. The Labute approximate surface area is 125 Å². The van der Waals surface area contributed by atoms with E-state index in [2.05, 4.69) is 23.9 Å². The molecule has 1 aromatic rings. The van der Waals surface area contributed by atoms with Gasteiger partial charge in [0, 0.05) is 18.6 Å². The molecule has 4 nitrogen and oxygen atoms in total. The zero-order valence-corrected chi connectivity index (χ0v) is 12.9. The van der Waals surface area contributed by atoms with E-state index in [1.165, 1.54) is 25.3 Å². The van der Waals surface area contributed by atoms with E-state index >= 15 is 0 Å². The van der Waals surface area contributed by atoms with E-state index < -0.39 is 11.8 Å². The lowest BCUT2D eigenvalue weighted by Gasteiger charge is -2.49. The number of hydrogen-bond donors (Lipinski definition) is 1. The second-order valence-electron chi connectivity index (χ2n) is 6.25. The maximum atomic E-state index is 13.2. The maximum Gasteiger partial charge on any atom is 0.336 e. The van der Waals surface area contributed by atoms with Crippen LogP contribution in [0.25, 0.3) is 0 Å². The van der Waals surface area contributed by atoms with Gasteiger partial charge in [0.2, 0.25) is 0 Å². The van der Waals surface area contributed by atoms with E-state index in [1.54, 1.807) is 6.07 Å².